The van der Waals surface area contributed by atoms with Crippen LogP contribution < -0.4 is 10.6 Å². The zero-order chi connectivity index (χ0) is 13.9. The summed E-state index contributed by atoms with van der Waals surface area (Å²) >= 11 is 0. The second-order valence-electron chi connectivity index (χ2n) is 5.25. The molecule has 0 aliphatic carbocycles. The first-order valence-electron chi connectivity index (χ1n) is 7.09. The smallest absolute Gasteiger partial charge is 0.146 e. The van der Waals surface area contributed by atoms with Gasteiger partial charge in [0.1, 0.15) is 5.82 Å². The molecule has 2 nitrogen and oxygen atoms in total. The second-order valence-corrected chi connectivity index (χ2v) is 5.25. The number of benzene rings is 2. The van der Waals surface area contributed by atoms with Crippen molar-refractivity contribution in [3.8, 4) is 0 Å². The number of nitrogens with zero attached hydrogens (tertiary/aromatic N) is 1. The lowest BCUT2D eigenvalue weighted by Gasteiger charge is -2.27. The van der Waals surface area contributed by atoms with E-state index < -0.39 is 0 Å². The molecule has 1 unspecified atom stereocenters. The number of halogens is 1. The van der Waals surface area contributed by atoms with E-state index in [2.05, 4.69) is 17.0 Å². The van der Waals surface area contributed by atoms with Gasteiger partial charge in [0.2, 0.25) is 0 Å². The largest absolute Gasteiger partial charge is 0.362 e. The third-order valence-electron chi connectivity index (χ3n) is 3.99. The molecule has 2 N–H and O–H groups in total. The summed E-state index contributed by atoms with van der Waals surface area (Å²) in [4.78, 5) is 2.17. The Morgan fingerprint density at radius 1 is 1.15 bits per heavy atom. The highest BCUT2D eigenvalue weighted by Crippen LogP contribution is 2.37. The second kappa shape index (κ2) is 5.63. The minimum atomic E-state index is -0.171. The predicted molar refractivity (Wildman–Crippen MR) is 80.1 cm³/mol. The number of hydrogen-bond acceptors (Lipinski definition) is 2. The maximum Gasteiger partial charge on any atom is 0.146 e. The van der Waals surface area contributed by atoms with E-state index in [1.165, 1.54) is 5.56 Å². The molecule has 1 aliphatic heterocycles. The van der Waals surface area contributed by atoms with Crippen molar-refractivity contribution in [3.05, 3.63) is 65.5 Å². The van der Waals surface area contributed by atoms with Crippen LogP contribution in [-0.2, 0) is 6.54 Å². The standard InChI is InChI=1S/C17H19FN2/c18-15-11-13(12-19)8-9-17(15)20-10-4-7-16(20)14-5-2-1-3-6-14/h1-3,5-6,8-9,11,16H,4,7,10,12,19H2. The van der Waals surface area contributed by atoms with Crippen molar-refractivity contribution in [2.75, 3.05) is 11.4 Å². The SMILES string of the molecule is NCc1ccc(N2CCCC2c2ccccc2)c(F)c1. The van der Waals surface area contributed by atoms with Gasteiger partial charge in [0, 0.05) is 13.1 Å². The van der Waals surface area contributed by atoms with Crippen LogP contribution in [0, 0.1) is 5.82 Å². The average Bonchev–Trinajstić information content (AvgIpc) is 2.97. The van der Waals surface area contributed by atoms with Crippen molar-refractivity contribution in [2.45, 2.75) is 25.4 Å². The van der Waals surface area contributed by atoms with Gasteiger partial charge in [-0.05, 0) is 36.1 Å². The van der Waals surface area contributed by atoms with Crippen LogP contribution in [0.15, 0.2) is 48.5 Å². The summed E-state index contributed by atoms with van der Waals surface area (Å²) in [6.45, 7) is 1.28. The molecule has 0 bridgehead atoms. The van der Waals surface area contributed by atoms with Crippen LogP contribution in [0.25, 0.3) is 0 Å². The van der Waals surface area contributed by atoms with Gasteiger partial charge < -0.3 is 10.6 Å². The molecular weight excluding hydrogens is 251 g/mol. The molecule has 2 aromatic rings. The third-order valence-corrected chi connectivity index (χ3v) is 3.99. The number of anilines is 1. The van der Waals surface area contributed by atoms with Gasteiger partial charge in [0.05, 0.1) is 11.7 Å². The lowest BCUT2D eigenvalue weighted by molar-refractivity contribution is 0.609. The van der Waals surface area contributed by atoms with Crippen molar-refractivity contribution in [1.82, 2.24) is 0 Å². The van der Waals surface area contributed by atoms with Crippen LogP contribution in [0.5, 0.6) is 0 Å². The van der Waals surface area contributed by atoms with E-state index in [9.17, 15) is 4.39 Å². The Morgan fingerprint density at radius 3 is 2.65 bits per heavy atom. The Bertz CT molecular complexity index is 583. The first-order valence-corrected chi connectivity index (χ1v) is 7.09. The Labute approximate surface area is 119 Å². The van der Waals surface area contributed by atoms with Gasteiger partial charge >= 0.3 is 0 Å². The molecule has 0 amide bonds. The molecule has 1 aliphatic rings. The molecule has 0 spiro atoms. The highest BCUT2D eigenvalue weighted by atomic mass is 19.1. The maximum atomic E-state index is 14.3. The molecule has 0 saturated carbocycles. The van der Waals surface area contributed by atoms with E-state index in [-0.39, 0.29) is 11.9 Å². The molecule has 0 radical (unpaired) electrons. The molecule has 1 heterocycles. The number of rotatable bonds is 3. The van der Waals surface area contributed by atoms with Crippen molar-refractivity contribution < 1.29 is 4.39 Å². The molecule has 1 atom stereocenters. The van der Waals surface area contributed by atoms with Gasteiger partial charge in [-0.1, -0.05) is 36.4 Å². The summed E-state index contributed by atoms with van der Waals surface area (Å²) in [5, 5.41) is 0. The van der Waals surface area contributed by atoms with Crippen molar-refractivity contribution in [3.63, 3.8) is 0 Å². The van der Waals surface area contributed by atoms with Gasteiger partial charge in [-0.15, -0.1) is 0 Å². The van der Waals surface area contributed by atoms with Crippen molar-refractivity contribution >= 4 is 5.69 Å². The van der Waals surface area contributed by atoms with Crippen LogP contribution in [0.2, 0.25) is 0 Å². The molecule has 104 valence electrons. The Balaban J connectivity index is 1.93. The van der Waals surface area contributed by atoms with Crippen molar-refractivity contribution in [2.24, 2.45) is 5.73 Å². The molecule has 1 fully saturated rings. The van der Waals surface area contributed by atoms with Gasteiger partial charge in [-0.3, -0.25) is 0 Å². The van der Waals surface area contributed by atoms with Crippen LogP contribution in [0.3, 0.4) is 0 Å². The third kappa shape index (κ3) is 2.41. The maximum absolute atomic E-state index is 14.3. The van der Waals surface area contributed by atoms with Crippen LogP contribution >= 0.6 is 0 Å². The molecule has 3 heteroatoms. The Kier molecular flexibility index (Phi) is 3.70. The summed E-state index contributed by atoms with van der Waals surface area (Å²) in [7, 11) is 0. The van der Waals surface area contributed by atoms with E-state index in [1.54, 1.807) is 6.07 Å². The number of nitrogens with two attached hydrogens (primary N) is 1. The Hall–Kier alpha value is -1.87. The quantitative estimate of drug-likeness (QED) is 0.923. The summed E-state index contributed by atoms with van der Waals surface area (Å²) < 4.78 is 14.3. The molecule has 0 aromatic heterocycles. The molecule has 3 rings (SSSR count). The summed E-state index contributed by atoms with van der Waals surface area (Å²) in [6.07, 6.45) is 2.17. The van der Waals surface area contributed by atoms with Crippen LogP contribution in [0.1, 0.15) is 30.0 Å². The summed E-state index contributed by atoms with van der Waals surface area (Å²) in [5.41, 5.74) is 8.34. The van der Waals surface area contributed by atoms with Gasteiger partial charge in [-0.2, -0.15) is 0 Å². The van der Waals surface area contributed by atoms with Gasteiger partial charge in [-0.25, -0.2) is 4.39 Å². The van der Waals surface area contributed by atoms with Crippen LogP contribution in [0.4, 0.5) is 10.1 Å². The van der Waals surface area contributed by atoms with Gasteiger partial charge in [0.25, 0.3) is 0 Å². The monoisotopic (exact) mass is 270 g/mol. The average molecular weight is 270 g/mol. The molecule has 20 heavy (non-hydrogen) atoms. The fraction of sp³-hybridized carbons (Fsp3) is 0.294. The molecular formula is C17H19FN2. The van der Waals surface area contributed by atoms with E-state index in [0.29, 0.717) is 12.2 Å². The number of hydrogen-bond donors (Lipinski definition) is 1. The van der Waals surface area contributed by atoms with E-state index in [1.807, 2.05) is 30.3 Å². The predicted octanol–water partition coefficient (Wildman–Crippen LogP) is 3.63. The lowest BCUT2D eigenvalue weighted by atomic mass is 10.0. The van der Waals surface area contributed by atoms with Crippen molar-refractivity contribution in [1.29, 1.82) is 0 Å². The molecule has 2 aromatic carbocycles. The van der Waals surface area contributed by atoms with E-state index in [0.717, 1.165) is 24.9 Å². The van der Waals surface area contributed by atoms with E-state index in [4.69, 9.17) is 5.73 Å². The zero-order valence-electron chi connectivity index (χ0n) is 11.4. The summed E-state index contributed by atoms with van der Waals surface area (Å²) in [5.74, 6) is -0.171. The minimum absolute atomic E-state index is 0.171. The summed E-state index contributed by atoms with van der Waals surface area (Å²) in [6, 6.07) is 15.9. The first kappa shape index (κ1) is 13.1. The lowest BCUT2D eigenvalue weighted by Crippen LogP contribution is -2.23. The fourth-order valence-electron chi connectivity index (χ4n) is 2.99. The normalized spacial score (nSPS) is 18.5. The van der Waals surface area contributed by atoms with Crippen LogP contribution in [-0.4, -0.2) is 6.54 Å². The minimum Gasteiger partial charge on any atom is -0.362 e. The molecule has 1 saturated heterocycles. The zero-order valence-corrected chi connectivity index (χ0v) is 11.4. The van der Waals surface area contributed by atoms with E-state index >= 15 is 0 Å². The van der Waals surface area contributed by atoms with Gasteiger partial charge in [0.15, 0.2) is 0 Å². The highest BCUT2D eigenvalue weighted by Gasteiger charge is 2.27. The first-order chi connectivity index (χ1) is 9.79. The topological polar surface area (TPSA) is 29.3 Å². The highest BCUT2D eigenvalue weighted by molar-refractivity contribution is 5.52. The Morgan fingerprint density at radius 2 is 1.95 bits per heavy atom. The fourth-order valence-corrected chi connectivity index (χ4v) is 2.99.